The van der Waals surface area contributed by atoms with Crippen molar-refractivity contribution in [2.24, 2.45) is 5.92 Å². The molecular weight excluding hydrogens is 621 g/mol. The molecule has 1 heterocycles. The summed E-state index contributed by atoms with van der Waals surface area (Å²) in [5.74, 6) is -0.394. The van der Waals surface area contributed by atoms with Crippen molar-refractivity contribution in [3.8, 4) is 0 Å². The van der Waals surface area contributed by atoms with Gasteiger partial charge in [-0.2, -0.15) is 4.31 Å². The number of benzene rings is 3. The average Bonchev–Trinajstić information content (AvgIpc) is 3.42. The van der Waals surface area contributed by atoms with Crippen LogP contribution in [0.3, 0.4) is 0 Å². The van der Waals surface area contributed by atoms with E-state index in [9.17, 15) is 18.3 Å². The van der Waals surface area contributed by atoms with E-state index in [1.807, 2.05) is 58.3 Å². The molecule has 5 N–H and O–H groups in total. The van der Waals surface area contributed by atoms with Crippen molar-refractivity contribution in [3.63, 3.8) is 0 Å². The van der Waals surface area contributed by atoms with E-state index in [0.717, 1.165) is 40.4 Å². The van der Waals surface area contributed by atoms with Gasteiger partial charge in [-0.15, -0.1) is 0 Å². The molecule has 12 heteroatoms. The van der Waals surface area contributed by atoms with E-state index in [1.165, 1.54) is 15.6 Å². The van der Waals surface area contributed by atoms with Crippen LogP contribution in [0.15, 0.2) is 71.6 Å². The van der Waals surface area contributed by atoms with Crippen molar-refractivity contribution < 1.29 is 18.3 Å². The van der Waals surface area contributed by atoms with Crippen LogP contribution in [-0.2, 0) is 16.4 Å². The minimum Gasteiger partial charge on any atom is -0.398 e. The Morgan fingerprint density at radius 1 is 1.04 bits per heavy atom. The molecule has 0 unspecified atom stereocenters. The van der Waals surface area contributed by atoms with Crippen LogP contribution in [0, 0.1) is 12.8 Å². The molecule has 0 spiro atoms. The Bertz CT molecular complexity index is 1710. The third kappa shape index (κ3) is 9.26. The number of nitrogens with two attached hydrogens (primary N) is 1. The van der Waals surface area contributed by atoms with Crippen LogP contribution in [0.2, 0.25) is 0 Å². The van der Waals surface area contributed by atoms with Gasteiger partial charge in [0.2, 0.25) is 10.0 Å². The number of fused-ring (bicyclic) bond motifs is 1. The number of carbonyl (C=O) groups is 1. The molecule has 0 aliphatic rings. The standard InChI is InChI=1S/C34H46N6O4S2/c1-23(2)21-40(46(43,44)26-15-16-29-32(20-26)45-34(38-29)36-17-10-18-39(4)5)22-31(41)30(19-25-11-7-6-8-12-25)37-33(42)27-13-9-14-28(35)24(27)3/h6-9,11-16,20,23,30-31,41H,10,17-19,21-22,35H2,1-5H3,(H,36,38)(H,37,42)/t30-,31+/m0/s1. The van der Waals surface area contributed by atoms with Gasteiger partial charge in [0.1, 0.15) is 0 Å². The highest BCUT2D eigenvalue weighted by molar-refractivity contribution is 7.89. The zero-order valence-corrected chi connectivity index (χ0v) is 28.9. The lowest BCUT2D eigenvalue weighted by atomic mass is 9.99. The number of amides is 1. The summed E-state index contributed by atoms with van der Waals surface area (Å²) in [7, 11) is 0.0552. The smallest absolute Gasteiger partial charge is 0.251 e. The molecule has 3 aromatic carbocycles. The third-order valence-electron chi connectivity index (χ3n) is 7.72. The first-order valence-electron chi connectivity index (χ1n) is 15.5. The summed E-state index contributed by atoms with van der Waals surface area (Å²) < 4.78 is 30.3. The number of aromatic nitrogens is 1. The maximum Gasteiger partial charge on any atom is 0.251 e. The highest BCUT2D eigenvalue weighted by Crippen LogP contribution is 2.30. The molecule has 4 rings (SSSR count). The number of anilines is 2. The van der Waals surface area contributed by atoms with Crippen molar-refractivity contribution >= 4 is 48.3 Å². The van der Waals surface area contributed by atoms with E-state index < -0.39 is 22.2 Å². The van der Waals surface area contributed by atoms with Gasteiger partial charge in [0.25, 0.3) is 5.91 Å². The molecule has 46 heavy (non-hydrogen) atoms. The number of hydrogen-bond acceptors (Lipinski definition) is 9. The molecule has 1 aromatic heterocycles. The molecule has 0 fully saturated rings. The Morgan fingerprint density at radius 3 is 2.48 bits per heavy atom. The molecule has 248 valence electrons. The third-order valence-corrected chi connectivity index (χ3v) is 10.5. The number of thiazole rings is 1. The van der Waals surface area contributed by atoms with Gasteiger partial charge in [0.05, 0.1) is 27.3 Å². The van der Waals surface area contributed by atoms with Crippen LogP contribution in [0.4, 0.5) is 10.8 Å². The van der Waals surface area contributed by atoms with Gasteiger partial charge in [-0.1, -0.05) is 61.6 Å². The van der Waals surface area contributed by atoms with Crippen molar-refractivity contribution in [1.82, 2.24) is 19.5 Å². The Hall–Kier alpha value is -3.55. The molecule has 0 aliphatic carbocycles. The molecule has 0 aliphatic heterocycles. The monoisotopic (exact) mass is 666 g/mol. The number of carbonyl (C=O) groups excluding carboxylic acids is 1. The lowest BCUT2D eigenvalue weighted by Gasteiger charge is -2.31. The van der Waals surface area contributed by atoms with Gasteiger partial charge in [-0.05, 0) is 87.8 Å². The van der Waals surface area contributed by atoms with Crippen LogP contribution in [0.1, 0.15) is 41.8 Å². The van der Waals surface area contributed by atoms with Crippen LogP contribution >= 0.6 is 11.3 Å². The second-order valence-electron chi connectivity index (χ2n) is 12.3. The van der Waals surface area contributed by atoms with E-state index in [2.05, 4.69) is 20.5 Å². The summed E-state index contributed by atoms with van der Waals surface area (Å²) in [5.41, 5.74) is 9.21. The quantitative estimate of drug-likeness (QED) is 0.101. The first-order chi connectivity index (χ1) is 21.8. The van der Waals surface area contributed by atoms with Crippen LogP contribution in [-0.4, -0.2) is 86.0 Å². The van der Waals surface area contributed by atoms with E-state index in [1.54, 1.807) is 43.3 Å². The molecule has 1 amide bonds. The highest BCUT2D eigenvalue weighted by atomic mass is 32.2. The average molecular weight is 667 g/mol. The van der Waals surface area contributed by atoms with E-state index in [0.29, 0.717) is 23.2 Å². The van der Waals surface area contributed by atoms with Crippen LogP contribution < -0.4 is 16.4 Å². The molecular formula is C34H46N6O4S2. The minimum atomic E-state index is -4.01. The van der Waals surface area contributed by atoms with Crippen LogP contribution in [0.25, 0.3) is 10.2 Å². The highest BCUT2D eigenvalue weighted by Gasteiger charge is 2.32. The second kappa shape index (κ2) is 15.8. The Morgan fingerprint density at radius 2 is 1.78 bits per heavy atom. The fraction of sp³-hybridized carbons (Fsp3) is 0.412. The fourth-order valence-electron chi connectivity index (χ4n) is 5.19. The van der Waals surface area contributed by atoms with Gasteiger partial charge in [0, 0.05) is 30.9 Å². The maximum atomic E-state index is 14.1. The fourth-order valence-corrected chi connectivity index (χ4v) is 7.85. The zero-order chi connectivity index (χ0) is 33.4. The molecule has 0 radical (unpaired) electrons. The van der Waals surface area contributed by atoms with Crippen molar-refractivity contribution in [2.75, 3.05) is 51.3 Å². The van der Waals surface area contributed by atoms with Gasteiger partial charge in [-0.25, -0.2) is 13.4 Å². The second-order valence-corrected chi connectivity index (χ2v) is 15.3. The largest absolute Gasteiger partial charge is 0.398 e. The topological polar surface area (TPSA) is 141 Å². The number of rotatable bonds is 16. The van der Waals surface area contributed by atoms with Gasteiger partial charge >= 0.3 is 0 Å². The zero-order valence-electron chi connectivity index (χ0n) is 27.2. The summed E-state index contributed by atoms with van der Waals surface area (Å²) in [4.78, 5) is 20.3. The Labute approximate surface area is 276 Å². The molecule has 10 nitrogen and oxygen atoms in total. The van der Waals surface area contributed by atoms with Crippen molar-refractivity contribution in [1.29, 1.82) is 0 Å². The normalized spacial score (nSPS) is 13.4. The summed E-state index contributed by atoms with van der Waals surface area (Å²) in [6.07, 6.45) is 0.0610. The molecule has 0 saturated carbocycles. The van der Waals surface area contributed by atoms with Gasteiger partial charge in [-0.3, -0.25) is 4.79 Å². The van der Waals surface area contributed by atoms with Crippen LogP contribution in [0.5, 0.6) is 0 Å². The summed E-state index contributed by atoms with van der Waals surface area (Å²) in [6.45, 7) is 7.35. The van der Waals surface area contributed by atoms with Crippen molar-refractivity contribution in [3.05, 3.63) is 83.4 Å². The number of nitrogen functional groups attached to an aromatic ring is 1. The predicted molar refractivity (Wildman–Crippen MR) is 188 cm³/mol. The Balaban J connectivity index is 1.58. The lowest BCUT2D eigenvalue weighted by Crippen LogP contribution is -2.51. The number of nitrogens with zero attached hydrogens (tertiary/aromatic N) is 3. The number of aliphatic hydroxyl groups is 1. The van der Waals surface area contributed by atoms with Crippen molar-refractivity contribution in [2.45, 2.75) is 50.7 Å². The molecule has 0 saturated heterocycles. The first kappa shape index (κ1) is 35.3. The van der Waals surface area contributed by atoms with Gasteiger partial charge in [0.15, 0.2) is 5.13 Å². The number of sulfonamides is 1. The van der Waals surface area contributed by atoms with E-state index >= 15 is 0 Å². The number of nitrogens with one attached hydrogen (secondary N) is 2. The SMILES string of the molecule is Cc1c(N)cccc1C(=O)N[C@@H](Cc1ccccc1)[C@H](O)CN(CC(C)C)S(=O)(=O)c1ccc2nc(NCCCN(C)C)sc2c1. The first-order valence-corrected chi connectivity index (χ1v) is 17.8. The van der Waals surface area contributed by atoms with E-state index in [-0.39, 0.29) is 29.8 Å². The van der Waals surface area contributed by atoms with E-state index in [4.69, 9.17) is 5.73 Å². The number of aliphatic hydroxyl groups excluding tert-OH is 1. The summed E-state index contributed by atoms with van der Waals surface area (Å²) >= 11 is 1.41. The number of hydrogen-bond donors (Lipinski definition) is 4. The predicted octanol–water partition coefficient (Wildman–Crippen LogP) is 4.60. The molecule has 0 bridgehead atoms. The Kier molecular flexibility index (Phi) is 12.2. The lowest BCUT2D eigenvalue weighted by molar-refractivity contribution is 0.0775. The summed E-state index contributed by atoms with van der Waals surface area (Å²) in [6, 6.07) is 18.8. The van der Waals surface area contributed by atoms with Gasteiger partial charge < -0.3 is 26.4 Å². The molecule has 2 atom stereocenters. The maximum absolute atomic E-state index is 14.1. The molecule has 4 aromatic rings. The summed E-state index contributed by atoms with van der Waals surface area (Å²) in [5, 5.41) is 18.7. The minimum absolute atomic E-state index is 0.0100.